The van der Waals surface area contributed by atoms with Crippen LogP contribution in [-0.2, 0) is 0 Å². The number of fused-ring (bicyclic) bond motifs is 1. The zero-order valence-electron chi connectivity index (χ0n) is 6.15. The van der Waals surface area contributed by atoms with Gasteiger partial charge in [0.2, 0.25) is 0 Å². The Labute approximate surface area is 66.5 Å². The van der Waals surface area contributed by atoms with Crippen molar-refractivity contribution in [3.05, 3.63) is 17.8 Å². The second kappa shape index (κ2) is 2.13. The molecule has 62 valence electrons. The Morgan fingerprint density at radius 3 is 3.08 bits per heavy atom. The van der Waals surface area contributed by atoms with Crippen LogP contribution >= 0.6 is 0 Å². The number of halogens is 1. The first-order valence-corrected chi connectivity index (χ1v) is 3.23. The van der Waals surface area contributed by atoms with Crippen LogP contribution in [0.15, 0.2) is 6.33 Å². The van der Waals surface area contributed by atoms with E-state index in [1.54, 1.807) is 0 Å². The first-order valence-electron chi connectivity index (χ1n) is 3.23. The molecule has 0 N–H and O–H groups in total. The largest absolute Gasteiger partial charge is 0.856 e. The summed E-state index contributed by atoms with van der Waals surface area (Å²) >= 11 is 0. The number of hydrogen-bond acceptors (Lipinski definition) is 4. The van der Waals surface area contributed by atoms with Gasteiger partial charge in [-0.25, -0.2) is 13.9 Å². The van der Waals surface area contributed by atoms with Crippen molar-refractivity contribution < 1.29 is 9.50 Å². The summed E-state index contributed by atoms with van der Waals surface area (Å²) in [6.45, 7) is 1.41. The predicted molar refractivity (Wildman–Crippen MR) is 34.9 cm³/mol. The number of aromatic nitrogens is 4. The zero-order chi connectivity index (χ0) is 8.72. The number of rotatable bonds is 0. The van der Waals surface area contributed by atoms with Gasteiger partial charge < -0.3 is 5.11 Å². The maximum Gasteiger partial charge on any atom is 0.251 e. The van der Waals surface area contributed by atoms with Gasteiger partial charge in [0.15, 0.2) is 5.82 Å². The van der Waals surface area contributed by atoms with Crippen LogP contribution in [0.3, 0.4) is 0 Å². The molecule has 2 aromatic rings. The van der Waals surface area contributed by atoms with Crippen molar-refractivity contribution in [3.63, 3.8) is 0 Å². The summed E-state index contributed by atoms with van der Waals surface area (Å²) in [5.41, 5.74) is 0.0421. The van der Waals surface area contributed by atoms with Crippen molar-refractivity contribution in [1.82, 2.24) is 19.6 Å². The third-order valence-electron chi connectivity index (χ3n) is 1.50. The smallest absolute Gasteiger partial charge is 0.251 e. The fourth-order valence-electron chi connectivity index (χ4n) is 0.902. The molecule has 2 aromatic heterocycles. The van der Waals surface area contributed by atoms with Crippen molar-refractivity contribution in [3.8, 4) is 5.88 Å². The van der Waals surface area contributed by atoms with Crippen LogP contribution in [0.25, 0.3) is 5.78 Å². The topological polar surface area (TPSA) is 66.1 Å². The van der Waals surface area contributed by atoms with Gasteiger partial charge >= 0.3 is 0 Å². The lowest BCUT2D eigenvalue weighted by Crippen LogP contribution is -2.07. The van der Waals surface area contributed by atoms with Crippen molar-refractivity contribution >= 4 is 5.78 Å². The SMILES string of the molecule is Cc1nc2ncnn2c([O-])c1F. The van der Waals surface area contributed by atoms with Gasteiger partial charge in [0.25, 0.3) is 5.78 Å². The normalized spacial score (nSPS) is 10.8. The van der Waals surface area contributed by atoms with E-state index in [1.165, 1.54) is 6.92 Å². The number of aryl methyl sites for hydroxylation is 1. The highest BCUT2D eigenvalue weighted by Gasteiger charge is 2.05. The minimum Gasteiger partial charge on any atom is -0.856 e. The molecule has 5 nitrogen and oxygen atoms in total. The second-order valence-corrected chi connectivity index (χ2v) is 2.29. The zero-order valence-corrected chi connectivity index (χ0v) is 6.15. The lowest BCUT2D eigenvalue weighted by atomic mass is 10.4. The molecule has 12 heavy (non-hydrogen) atoms. The quantitative estimate of drug-likeness (QED) is 0.537. The van der Waals surface area contributed by atoms with Crippen molar-refractivity contribution in [2.45, 2.75) is 6.92 Å². The Hall–Kier alpha value is -1.72. The Morgan fingerprint density at radius 2 is 2.33 bits per heavy atom. The first-order chi connectivity index (χ1) is 5.70. The van der Waals surface area contributed by atoms with E-state index < -0.39 is 11.7 Å². The van der Waals surface area contributed by atoms with Gasteiger partial charge in [0, 0.05) is 5.88 Å². The van der Waals surface area contributed by atoms with Gasteiger partial charge in [0.05, 0.1) is 5.69 Å². The minimum absolute atomic E-state index is 0.0421. The molecule has 0 radical (unpaired) electrons. The summed E-state index contributed by atoms with van der Waals surface area (Å²) in [7, 11) is 0. The van der Waals surface area contributed by atoms with Crippen LogP contribution in [0, 0.1) is 12.7 Å². The third-order valence-corrected chi connectivity index (χ3v) is 1.50. The molecule has 6 heteroatoms. The van der Waals surface area contributed by atoms with E-state index >= 15 is 0 Å². The van der Waals surface area contributed by atoms with Gasteiger partial charge in [-0.3, -0.25) is 0 Å². The highest BCUT2D eigenvalue weighted by molar-refractivity contribution is 5.32. The molecule has 2 rings (SSSR count). The molecule has 0 fully saturated rings. The summed E-state index contributed by atoms with van der Waals surface area (Å²) in [6, 6.07) is 0. The fourth-order valence-corrected chi connectivity index (χ4v) is 0.902. The Kier molecular flexibility index (Phi) is 1.24. The van der Waals surface area contributed by atoms with Gasteiger partial charge in [0.1, 0.15) is 6.33 Å². The predicted octanol–water partition coefficient (Wildman–Crippen LogP) is -0.355. The lowest BCUT2D eigenvalue weighted by Gasteiger charge is -2.09. The molecule has 0 aliphatic rings. The van der Waals surface area contributed by atoms with Crippen molar-refractivity contribution in [2.75, 3.05) is 0 Å². The van der Waals surface area contributed by atoms with Crippen LogP contribution < -0.4 is 5.11 Å². The first kappa shape index (κ1) is 6.96. The summed E-state index contributed by atoms with van der Waals surface area (Å²) < 4.78 is 13.7. The van der Waals surface area contributed by atoms with E-state index in [1.807, 2.05) is 0 Å². The Balaban J connectivity index is 2.94. The average molecular weight is 167 g/mol. The molecule has 0 saturated heterocycles. The molecule has 0 aromatic carbocycles. The van der Waals surface area contributed by atoms with Crippen molar-refractivity contribution in [1.29, 1.82) is 0 Å². The molecule has 0 unspecified atom stereocenters. The van der Waals surface area contributed by atoms with Gasteiger partial charge in [-0.1, -0.05) is 0 Å². The summed E-state index contributed by atoms with van der Waals surface area (Å²) in [6.07, 6.45) is 1.16. The van der Waals surface area contributed by atoms with Crippen LogP contribution in [-0.4, -0.2) is 19.6 Å². The van der Waals surface area contributed by atoms with E-state index in [0.29, 0.717) is 0 Å². The lowest BCUT2D eigenvalue weighted by molar-refractivity contribution is -0.282. The standard InChI is InChI=1S/C6H5FN4O/c1-3-4(7)5(12)11-6(10-3)8-2-9-11/h2,12H,1H3/p-1. The van der Waals surface area contributed by atoms with Gasteiger partial charge in [-0.15, -0.1) is 0 Å². The molecular weight excluding hydrogens is 163 g/mol. The van der Waals surface area contributed by atoms with E-state index in [0.717, 1.165) is 10.8 Å². The summed E-state index contributed by atoms with van der Waals surface area (Å²) in [4.78, 5) is 7.37. The maximum atomic E-state index is 12.9. The Morgan fingerprint density at radius 1 is 1.58 bits per heavy atom. The molecule has 0 atom stereocenters. The number of hydrogen-bond donors (Lipinski definition) is 0. The van der Waals surface area contributed by atoms with Gasteiger partial charge in [-0.2, -0.15) is 10.1 Å². The number of nitrogens with zero attached hydrogens (tertiary/aromatic N) is 4. The molecule has 0 saturated carbocycles. The van der Waals surface area contributed by atoms with E-state index in [-0.39, 0.29) is 11.5 Å². The van der Waals surface area contributed by atoms with Gasteiger partial charge in [-0.05, 0) is 6.92 Å². The van der Waals surface area contributed by atoms with Crippen LogP contribution in [0.5, 0.6) is 5.88 Å². The van der Waals surface area contributed by atoms with Crippen LogP contribution in [0.4, 0.5) is 4.39 Å². The highest BCUT2D eigenvalue weighted by Crippen LogP contribution is 2.13. The monoisotopic (exact) mass is 167 g/mol. The summed E-state index contributed by atoms with van der Waals surface area (Å²) in [5, 5.41) is 14.6. The minimum atomic E-state index is -0.881. The van der Waals surface area contributed by atoms with E-state index in [2.05, 4.69) is 15.1 Å². The molecule has 2 heterocycles. The molecule has 0 spiro atoms. The molecular formula is C6H4FN4O-. The molecule has 0 aliphatic heterocycles. The van der Waals surface area contributed by atoms with Crippen LogP contribution in [0.1, 0.15) is 5.69 Å². The van der Waals surface area contributed by atoms with E-state index in [9.17, 15) is 9.50 Å². The second-order valence-electron chi connectivity index (χ2n) is 2.29. The highest BCUT2D eigenvalue weighted by atomic mass is 19.1. The molecule has 0 bridgehead atoms. The van der Waals surface area contributed by atoms with E-state index in [4.69, 9.17) is 0 Å². The van der Waals surface area contributed by atoms with Crippen molar-refractivity contribution in [2.24, 2.45) is 0 Å². The maximum absolute atomic E-state index is 12.9. The fraction of sp³-hybridized carbons (Fsp3) is 0.167. The third kappa shape index (κ3) is 0.744. The average Bonchev–Trinajstić information content (AvgIpc) is 2.48. The molecule has 0 amide bonds. The Bertz CT molecular complexity index is 438. The summed E-state index contributed by atoms with van der Waals surface area (Å²) in [5.74, 6) is -1.57. The van der Waals surface area contributed by atoms with Crippen LogP contribution in [0.2, 0.25) is 0 Å². The molecule has 0 aliphatic carbocycles.